The molecule has 0 radical (unpaired) electrons. The van der Waals surface area contributed by atoms with Gasteiger partial charge in [-0.2, -0.15) is 0 Å². The minimum Gasteiger partial charge on any atom is -0.468 e. The van der Waals surface area contributed by atoms with Gasteiger partial charge in [-0.15, -0.1) is 0 Å². The quantitative estimate of drug-likeness (QED) is 0.576. The summed E-state index contributed by atoms with van der Waals surface area (Å²) in [6.45, 7) is 0. The Labute approximate surface area is 72.1 Å². The van der Waals surface area contributed by atoms with Gasteiger partial charge in [-0.3, -0.25) is 0 Å². The molecule has 0 aliphatic heterocycles. The van der Waals surface area contributed by atoms with E-state index in [1.807, 2.05) is 6.07 Å². The third-order valence-corrected chi connectivity index (χ3v) is 3.29. The van der Waals surface area contributed by atoms with Crippen molar-refractivity contribution in [2.75, 3.05) is 0 Å². The average Bonchev–Trinajstić information content (AvgIpc) is 2.82. The van der Waals surface area contributed by atoms with E-state index in [4.69, 9.17) is 4.42 Å². The maximum absolute atomic E-state index is 5.49. The fourth-order valence-corrected chi connectivity index (χ4v) is 2.62. The summed E-state index contributed by atoms with van der Waals surface area (Å²) in [6, 6.07) is 4.10. The van der Waals surface area contributed by atoms with Crippen LogP contribution in [0.2, 0.25) is 0 Å². The third kappa shape index (κ3) is 0.689. The molecular weight excluding hydrogens is 148 g/mol. The molecule has 1 heteroatoms. The van der Waals surface area contributed by atoms with Gasteiger partial charge < -0.3 is 4.42 Å². The lowest BCUT2D eigenvalue weighted by molar-refractivity contribution is 0.404. The number of hydrogen-bond acceptors (Lipinski definition) is 1. The monoisotopic (exact) mass is 160 g/mol. The second kappa shape index (κ2) is 2.03. The summed E-state index contributed by atoms with van der Waals surface area (Å²) < 4.78 is 5.49. The molecule has 1 aromatic rings. The first-order valence-corrected chi connectivity index (χ1v) is 4.62. The van der Waals surface area contributed by atoms with E-state index < -0.39 is 0 Å². The summed E-state index contributed by atoms with van der Waals surface area (Å²) in [6.07, 6.45) is 10.4. The highest BCUT2D eigenvalue weighted by Gasteiger charge is 2.43. The first-order chi connectivity index (χ1) is 5.89. The molecule has 3 rings (SSSR count). The average molecular weight is 160 g/mol. The topological polar surface area (TPSA) is 13.1 Å². The Kier molecular flexibility index (Phi) is 1.11. The van der Waals surface area contributed by atoms with E-state index in [2.05, 4.69) is 18.2 Å². The van der Waals surface area contributed by atoms with Crippen molar-refractivity contribution < 1.29 is 4.42 Å². The van der Waals surface area contributed by atoms with E-state index in [1.165, 1.54) is 25.0 Å². The molecule has 0 amide bonds. The van der Waals surface area contributed by atoms with Crippen LogP contribution in [0.5, 0.6) is 0 Å². The summed E-state index contributed by atoms with van der Waals surface area (Å²) >= 11 is 0. The van der Waals surface area contributed by atoms with Gasteiger partial charge in [0.2, 0.25) is 0 Å². The van der Waals surface area contributed by atoms with Crippen molar-refractivity contribution in [3.63, 3.8) is 0 Å². The van der Waals surface area contributed by atoms with Crippen LogP contribution in [0.15, 0.2) is 35.0 Å². The molecule has 0 aromatic carbocycles. The number of fused-ring (bicyclic) bond motifs is 2. The normalized spacial score (nSPS) is 37.8. The number of allylic oxidation sites excluding steroid dienone is 2. The number of furan rings is 1. The van der Waals surface area contributed by atoms with Gasteiger partial charge in [0, 0.05) is 5.41 Å². The van der Waals surface area contributed by atoms with E-state index in [0.29, 0.717) is 0 Å². The van der Waals surface area contributed by atoms with Crippen molar-refractivity contribution in [1.29, 1.82) is 0 Å². The van der Waals surface area contributed by atoms with Crippen LogP contribution < -0.4 is 0 Å². The van der Waals surface area contributed by atoms with Crippen LogP contribution in [0.4, 0.5) is 0 Å². The molecule has 62 valence electrons. The van der Waals surface area contributed by atoms with Crippen molar-refractivity contribution >= 4 is 0 Å². The molecular formula is C11H12O. The molecule has 2 atom stereocenters. The molecule has 1 aromatic heterocycles. The van der Waals surface area contributed by atoms with Crippen LogP contribution in [-0.4, -0.2) is 0 Å². The first kappa shape index (κ1) is 6.53. The zero-order chi connectivity index (χ0) is 8.02. The van der Waals surface area contributed by atoms with E-state index in [1.54, 1.807) is 6.26 Å². The molecule has 1 heterocycles. The largest absolute Gasteiger partial charge is 0.468 e. The Balaban J connectivity index is 2.07. The predicted octanol–water partition coefficient (Wildman–Crippen LogP) is 2.89. The van der Waals surface area contributed by atoms with Crippen molar-refractivity contribution in [2.45, 2.75) is 24.7 Å². The van der Waals surface area contributed by atoms with Crippen LogP contribution in [-0.2, 0) is 5.41 Å². The highest BCUT2D eigenvalue weighted by molar-refractivity contribution is 5.31. The van der Waals surface area contributed by atoms with Crippen LogP contribution in [0.25, 0.3) is 0 Å². The van der Waals surface area contributed by atoms with Crippen LogP contribution >= 0.6 is 0 Å². The van der Waals surface area contributed by atoms with Crippen LogP contribution in [0, 0.1) is 5.92 Å². The molecule has 0 spiro atoms. The predicted molar refractivity (Wildman–Crippen MR) is 46.9 cm³/mol. The summed E-state index contributed by atoms with van der Waals surface area (Å²) in [5.74, 6) is 1.99. The summed E-state index contributed by atoms with van der Waals surface area (Å²) in [5.41, 5.74) is 0.286. The van der Waals surface area contributed by atoms with Gasteiger partial charge in [-0.25, -0.2) is 0 Å². The Morgan fingerprint density at radius 1 is 1.50 bits per heavy atom. The van der Waals surface area contributed by atoms with Crippen LogP contribution in [0.3, 0.4) is 0 Å². The van der Waals surface area contributed by atoms with Gasteiger partial charge in [0.15, 0.2) is 0 Å². The Hall–Kier alpha value is -0.980. The number of rotatable bonds is 1. The second-order valence-corrected chi connectivity index (χ2v) is 4.00. The molecule has 1 saturated carbocycles. The highest BCUT2D eigenvalue weighted by atomic mass is 16.3. The van der Waals surface area contributed by atoms with Gasteiger partial charge in [-0.1, -0.05) is 12.2 Å². The van der Waals surface area contributed by atoms with Gasteiger partial charge in [-0.05, 0) is 37.3 Å². The smallest absolute Gasteiger partial charge is 0.113 e. The Bertz CT molecular complexity index is 310. The van der Waals surface area contributed by atoms with Gasteiger partial charge >= 0.3 is 0 Å². The van der Waals surface area contributed by atoms with Crippen molar-refractivity contribution in [3.8, 4) is 0 Å². The fourth-order valence-electron chi connectivity index (χ4n) is 2.62. The van der Waals surface area contributed by atoms with E-state index in [9.17, 15) is 0 Å². The Morgan fingerprint density at radius 3 is 3.00 bits per heavy atom. The molecule has 2 bridgehead atoms. The molecule has 12 heavy (non-hydrogen) atoms. The SMILES string of the molecule is C1=CC2(c3ccco3)CCC1C2. The van der Waals surface area contributed by atoms with Gasteiger partial charge in [0.1, 0.15) is 5.76 Å². The maximum atomic E-state index is 5.49. The zero-order valence-electron chi connectivity index (χ0n) is 6.99. The number of hydrogen-bond donors (Lipinski definition) is 0. The summed E-state index contributed by atoms with van der Waals surface area (Å²) in [5, 5.41) is 0. The van der Waals surface area contributed by atoms with Crippen molar-refractivity contribution in [3.05, 3.63) is 36.3 Å². The molecule has 1 nitrogen and oxygen atoms in total. The lowest BCUT2D eigenvalue weighted by atomic mass is 9.85. The van der Waals surface area contributed by atoms with E-state index in [-0.39, 0.29) is 5.41 Å². The second-order valence-electron chi connectivity index (χ2n) is 4.00. The molecule has 1 fully saturated rings. The fraction of sp³-hybridized carbons (Fsp3) is 0.455. The zero-order valence-corrected chi connectivity index (χ0v) is 6.99. The van der Waals surface area contributed by atoms with E-state index in [0.717, 1.165) is 5.92 Å². The molecule has 0 saturated heterocycles. The van der Waals surface area contributed by atoms with Gasteiger partial charge in [0.05, 0.1) is 6.26 Å². The maximum Gasteiger partial charge on any atom is 0.113 e. The molecule has 2 aliphatic rings. The van der Waals surface area contributed by atoms with Crippen molar-refractivity contribution in [2.24, 2.45) is 5.92 Å². The molecule has 0 N–H and O–H groups in total. The molecule has 2 unspecified atom stereocenters. The minimum absolute atomic E-state index is 0.286. The minimum atomic E-state index is 0.286. The third-order valence-electron chi connectivity index (χ3n) is 3.29. The van der Waals surface area contributed by atoms with E-state index >= 15 is 0 Å². The first-order valence-electron chi connectivity index (χ1n) is 4.62. The lowest BCUT2D eigenvalue weighted by Gasteiger charge is -2.19. The molecule has 2 aliphatic carbocycles. The summed E-state index contributed by atoms with van der Waals surface area (Å²) in [7, 11) is 0. The lowest BCUT2D eigenvalue weighted by Crippen LogP contribution is -2.15. The Morgan fingerprint density at radius 2 is 2.50 bits per heavy atom. The summed E-state index contributed by atoms with van der Waals surface area (Å²) in [4.78, 5) is 0. The standard InChI is InChI=1S/C11H12O/c1-2-10(12-7-1)11-5-3-9(8-11)4-6-11/h1-3,5,7,9H,4,6,8H2. The highest BCUT2D eigenvalue weighted by Crippen LogP contribution is 2.50. The van der Waals surface area contributed by atoms with Crippen molar-refractivity contribution in [1.82, 2.24) is 0 Å². The van der Waals surface area contributed by atoms with Gasteiger partial charge in [0.25, 0.3) is 0 Å². The van der Waals surface area contributed by atoms with Crippen LogP contribution in [0.1, 0.15) is 25.0 Å².